The molecule has 3 N–H and O–H groups in total. The molecule has 2 heterocycles. The van der Waals surface area contributed by atoms with Crippen LogP contribution in [-0.2, 0) is 6.42 Å². The first-order valence-electron chi connectivity index (χ1n) is 8.50. The van der Waals surface area contributed by atoms with Crippen molar-refractivity contribution in [2.24, 2.45) is 4.99 Å². The number of carbonyl (C=O) groups excluding carboxylic acids is 1. The summed E-state index contributed by atoms with van der Waals surface area (Å²) in [6.45, 7) is 4.45. The van der Waals surface area contributed by atoms with Crippen LogP contribution in [-0.4, -0.2) is 48.0 Å². The number of aromatic nitrogens is 2. The van der Waals surface area contributed by atoms with E-state index in [0.29, 0.717) is 36.3 Å². The van der Waals surface area contributed by atoms with Crippen molar-refractivity contribution in [3.63, 3.8) is 0 Å². The molecule has 146 valence electrons. The molecule has 0 aliphatic heterocycles. The highest BCUT2D eigenvalue weighted by Crippen LogP contribution is 2.05. The first-order valence-corrected chi connectivity index (χ1v) is 8.87. The lowest BCUT2D eigenvalue weighted by molar-refractivity contribution is 0.0954. The van der Waals surface area contributed by atoms with Gasteiger partial charge in [0, 0.05) is 44.8 Å². The molecule has 0 fully saturated rings. The van der Waals surface area contributed by atoms with Gasteiger partial charge >= 0.3 is 0 Å². The van der Waals surface area contributed by atoms with Crippen LogP contribution < -0.4 is 16.0 Å². The molecule has 0 bridgehead atoms. The Kier molecular flexibility index (Phi) is 11.3. The summed E-state index contributed by atoms with van der Waals surface area (Å²) in [5.74, 6) is 0.571. The molecule has 2 aromatic rings. The van der Waals surface area contributed by atoms with Gasteiger partial charge in [-0.2, -0.15) is 0 Å². The van der Waals surface area contributed by atoms with Gasteiger partial charge in [-0.25, -0.2) is 4.98 Å². The van der Waals surface area contributed by atoms with E-state index in [-0.39, 0.29) is 29.9 Å². The molecule has 2 aromatic heterocycles. The molecule has 2 rings (SSSR count). The highest BCUT2D eigenvalue weighted by atomic mass is 127. The molecule has 0 aliphatic carbocycles. The summed E-state index contributed by atoms with van der Waals surface area (Å²) in [5, 5.41) is 9.70. The number of carbonyl (C=O) groups is 1. The van der Waals surface area contributed by atoms with Crippen LogP contribution in [0.2, 0.25) is 5.15 Å². The van der Waals surface area contributed by atoms with Crippen LogP contribution in [0.15, 0.2) is 47.8 Å². The Morgan fingerprint density at radius 1 is 1.15 bits per heavy atom. The normalized spacial score (nSPS) is 10.7. The average molecular weight is 503 g/mol. The van der Waals surface area contributed by atoms with Gasteiger partial charge < -0.3 is 16.0 Å². The molecular weight excluding hydrogens is 479 g/mol. The van der Waals surface area contributed by atoms with E-state index in [4.69, 9.17) is 11.6 Å². The second kappa shape index (κ2) is 13.3. The van der Waals surface area contributed by atoms with E-state index < -0.39 is 0 Å². The Morgan fingerprint density at radius 2 is 1.96 bits per heavy atom. The van der Waals surface area contributed by atoms with Gasteiger partial charge in [0.1, 0.15) is 5.15 Å². The molecule has 0 radical (unpaired) electrons. The molecule has 0 atom stereocenters. The second-order valence-corrected chi connectivity index (χ2v) is 5.81. The lowest BCUT2D eigenvalue weighted by Gasteiger charge is -2.12. The van der Waals surface area contributed by atoms with E-state index in [1.54, 1.807) is 36.8 Å². The number of nitrogens with one attached hydrogen (secondary N) is 3. The van der Waals surface area contributed by atoms with Crippen molar-refractivity contribution in [3.05, 3.63) is 59.1 Å². The van der Waals surface area contributed by atoms with Gasteiger partial charge in [-0.3, -0.25) is 14.8 Å². The molecule has 1 amide bonds. The first kappa shape index (κ1) is 23.1. The van der Waals surface area contributed by atoms with Crippen molar-refractivity contribution in [3.8, 4) is 0 Å². The summed E-state index contributed by atoms with van der Waals surface area (Å²) in [6.07, 6.45) is 5.71. The van der Waals surface area contributed by atoms with Crippen LogP contribution in [0.5, 0.6) is 0 Å². The smallest absolute Gasteiger partial charge is 0.252 e. The van der Waals surface area contributed by atoms with Gasteiger partial charge in [-0.15, -0.1) is 24.0 Å². The van der Waals surface area contributed by atoms with E-state index in [1.807, 2.05) is 13.0 Å². The number of halogens is 2. The van der Waals surface area contributed by atoms with Crippen molar-refractivity contribution >= 4 is 47.4 Å². The number of rotatable bonds is 8. The molecule has 0 saturated carbocycles. The maximum Gasteiger partial charge on any atom is 0.252 e. The van der Waals surface area contributed by atoms with Crippen molar-refractivity contribution in [2.45, 2.75) is 13.3 Å². The number of nitrogens with zero attached hydrogens (tertiary/aromatic N) is 3. The van der Waals surface area contributed by atoms with Crippen LogP contribution in [0, 0.1) is 0 Å². The molecule has 0 aliphatic rings. The third kappa shape index (κ3) is 9.00. The molecule has 0 aromatic carbocycles. The summed E-state index contributed by atoms with van der Waals surface area (Å²) in [5.41, 5.74) is 1.63. The van der Waals surface area contributed by atoms with Gasteiger partial charge in [0.15, 0.2) is 5.96 Å². The fourth-order valence-electron chi connectivity index (χ4n) is 2.15. The van der Waals surface area contributed by atoms with Crippen LogP contribution in [0.25, 0.3) is 0 Å². The van der Waals surface area contributed by atoms with Crippen molar-refractivity contribution in [1.29, 1.82) is 0 Å². The number of hydrogen-bond donors (Lipinski definition) is 3. The Hall–Kier alpha value is -1.94. The van der Waals surface area contributed by atoms with E-state index >= 15 is 0 Å². The predicted molar refractivity (Wildman–Crippen MR) is 119 cm³/mol. The number of hydrogen-bond acceptors (Lipinski definition) is 4. The summed E-state index contributed by atoms with van der Waals surface area (Å²) in [6, 6.07) is 7.18. The minimum Gasteiger partial charge on any atom is -0.357 e. The topological polar surface area (TPSA) is 91.3 Å². The summed E-state index contributed by atoms with van der Waals surface area (Å²) in [4.78, 5) is 24.4. The number of pyridine rings is 2. The SMILES string of the molecule is CCNC(=NCCc1ccc(Cl)nc1)NCCNC(=O)c1cccnc1.I. The number of amides is 1. The van der Waals surface area contributed by atoms with Crippen molar-refractivity contribution in [1.82, 2.24) is 25.9 Å². The summed E-state index contributed by atoms with van der Waals surface area (Å²) < 4.78 is 0. The Balaban J connectivity index is 0.00000364. The zero-order valence-electron chi connectivity index (χ0n) is 15.1. The van der Waals surface area contributed by atoms with Gasteiger partial charge in [0.05, 0.1) is 5.56 Å². The first-order chi connectivity index (χ1) is 12.7. The Labute approximate surface area is 181 Å². The standard InChI is InChI=1S/C18H23ClN6O.HI/c1-2-21-18(23-9-7-14-5-6-16(19)25-12-14)24-11-10-22-17(26)15-4-3-8-20-13-15;/h3-6,8,12-13H,2,7,9-11H2,1H3,(H,22,26)(H2,21,23,24);1H. The minimum absolute atomic E-state index is 0. The van der Waals surface area contributed by atoms with E-state index in [9.17, 15) is 4.79 Å². The van der Waals surface area contributed by atoms with Gasteiger partial charge in [-0.05, 0) is 37.1 Å². The quantitative estimate of drug-likeness (QED) is 0.169. The molecule has 7 nitrogen and oxygen atoms in total. The van der Waals surface area contributed by atoms with Crippen molar-refractivity contribution < 1.29 is 4.79 Å². The zero-order chi connectivity index (χ0) is 18.6. The van der Waals surface area contributed by atoms with Gasteiger partial charge in [0.2, 0.25) is 0 Å². The fraction of sp³-hybridized carbons (Fsp3) is 0.333. The maximum absolute atomic E-state index is 11.9. The molecular formula is C18H24ClIN6O. The highest BCUT2D eigenvalue weighted by Gasteiger charge is 2.04. The van der Waals surface area contributed by atoms with E-state index in [0.717, 1.165) is 18.5 Å². The minimum atomic E-state index is -0.142. The average Bonchev–Trinajstić information content (AvgIpc) is 2.67. The Morgan fingerprint density at radius 3 is 2.63 bits per heavy atom. The third-order valence-electron chi connectivity index (χ3n) is 3.43. The van der Waals surface area contributed by atoms with Gasteiger partial charge in [0.25, 0.3) is 5.91 Å². The van der Waals surface area contributed by atoms with Crippen LogP contribution >= 0.6 is 35.6 Å². The van der Waals surface area contributed by atoms with Crippen molar-refractivity contribution in [2.75, 3.05) is 26.2 Å². The summed E-state index contributed by atoms with van der Waals surface area (Å²) >= 11 is 5.78. The molecule has 0 spiro atoms. The van der Waals surface area contributed by atoms with Gasteiger partial charge in [-0.1, -0.05) is 17.7 Å². The second-order valence-electron chi connectivity index (χ2n) is 5.42. The fourth-order valence-corrected chi connectivity index (χ4v) is 2.26. The molecule has 27 heavy (non-hydrogen) atoms. The third-order valence-corrected chi connectivity index (χ3v) is 3.65. The molecule has 0 saturated heterocycles. The molecule has 9 heteroatoms. The highest BCUT2D eigenvalue weighted by molar-refractivity contribution is 14.0. The van der Waals surface area contributed by atoms with E-state index in [1.165, 1.54) is 0 Å². The molecule has 0 unspecified atom stereocenters. The van der Waals surface area contributed by atoms with Crippen LogP contribution in [0.1, 0.15) is 22.8 Å². The zero-order valence-corrected chi connectivity index (χ0v) is 18.2. The maximum atomic E-state index is 11.9. The lowest BCUT2D eigenvalue weighted by Crippen LogP contribution is -2.41. The monoisotopic (exact) mass is 502 g/mol. The largest absolute Gasteiger partial charge is 0.357 e. The predicted octanol–water partition coefficient (Wildman–Crippen LogP) is 2.28. The lowest BCUT2D eigenvalue weighted by atomic mass is 10.2. The van der Waals surface area contributed by atoms with E-state index in [2.05, 4.69) is 30.9 Å². The number of guanidine groups is 1. The summed E-state index contributed by atoms with van der Waals surface area (Å²) in [7, 11) is 0. The van der Waals surface area contributed by atoms with Crippen LogP contribution in [0.3, 0.4) is 0 Å². The number of aliphatic imine (C=N–C) groups is 1. The van der Waals surface area contributed by atoms with Crippen LogP contribution in [0.4, 0.5) is 0 Å². The Bertz CT molecular complexity index is 712.